The molecule has 4 aromatic rings. The van der Waals surface area contributed by atoms with E-state index in [1.807, 2.05) is 19.2 Å². The standard InChI is InChI=1S/C27H33FN8S/c1-4-34-10-12-35(13-11-34)16-19-8-9-22(29-14-19)32-27-30-15-21(28)24(33-27)25-17(2)23-26(37-25)36(18(3)31-23)20-6-5-7-20/h8-9,14-15,20H,4-7,10-13,16H2,1-3H3,(H,29,30,32,33). The molecule has 0 aromatic carbocycles. The van der Waals surface area contributed by atoms with E-state index in [0.717, 1.165) is 65.9 Å². The Morgan fingerprint density at radius 1 is 1.03 bits per heavy atom. The maximum atomic E-state index is 15.0. The second-order valence-electron chi connectivity index (χ2n) is 10.1. The van der Waals surface area contributed by atoms with Crippen LogP contribution in [0, 0.1) is 19.7 Å². The maximum absolute atomic E-state index is 15.0. The Morgan fingerprint density at radius 3 is 2.49 bits per heavy atom. The van der Waals surface area contributed by atoms with E-state index in [1.165, 1.54) is 31.0 Å². The zero-order valence-corrected chi connectivity index (χ0v) is 22.5. The highest BCUT2D eigenvalue weighted by atomic mass is 32.1. The van der Waals surface area contributed by atoms with Gasteiger partial charge in [0.15, 0.2) is 5.82 Å². The van der Waals surface area contributed by atoms with E-state index in [4.69, 9.17) is 4.98 Å². The second-order valence-corrected chi connectivity index (χ2v) is 11.1. The van der Waals surface area contributed by atoms with Gasteiger partial charge in [-0.1, -0.05) is 13.0 Å². The molecule has 4 aromatic heterocycles. The zero-order chi connectivity index (χ0) is 25.5. The summed E-state index contributed by atoms with van der Waals surface area (Å²) in [6.07, 6.45) is 6.73. The van der Waals surface area contributed by atoms with E-state index >= 15 is 0 Å². The van der Waals surface area contributed by atoms with Crippen LogP contribution in [-0.4, -0.2) is 67.0 Å². The molecular formula is C27H33FN8S. The third kappa shape index (κ3) is 4.73. The van der Waals surface area contributed by atoms with Crippen LogP contribution in [0.3, 0.4) is 0 Å². The van der Waals surface area contributed by atoms with Gasteiger partial charge in [0.2, 0.25) is 5.95 Å². The number of thiophene rings is 1. The van der Waals surface area contributed by atoms with Crippen molar-refractivity contribution in [2.24, 2.45) is 0 Å². The Hall–Kier alpha value is -2.95. The number of likely N-dealkylation sites (N-methyl/N-ethyl adjacent to an activating group) is 1. The summed E-state index contributed by atoms with van der Waals surface area (Å²) in [5, 5.41) is 3.15. The highest BCUT2D eigenvalue weighted by Gasteiger charge is 2.27. The van der Waals surface area contributed by atoms with Gasteiger partial charge in [-0.15, -0.1) is 11.3 Å². The Labute approximate surface area is 220 Å². The van der Waals surface area contributed by atoms with E-state index in [1.54, 1.807) is 11.3 Å². The molecule has 0 spiro atoms. The Bertz CT molecular complexity index is 1400. The van der Waals surface area contributed by atoms with Crippen LogP contribution in [-0.2, 0) is 6.54 Å². The first-order valence-corrected chi connectivity index (χ1v) is 14.0. The molecule has 8 nitrogen and oxygen atoms in total. The predicted molar refractivity (Wildman–Crippen MR) is 146 cm³/mol. The molecule has 37 heavy (non-hydrogen) atoms. The normalized spacial score (nSPS) is 17.4. The molecular weight excluding hydrogens is 487 g/mol. The van der Waals surface area contributed by atoms with Gasteiger partial charge >= 0.3 is 0 Å². The first-order chi connectivity index (χ1) is 18.0. The van der Waals surface area contributed by atoms with Gasteiger partial charge in [0.1, 0.15) is 27.7 Å². The number of anilines is 2. The molecule has 0 unspecified atom stereocenters. The van der Waals surface area contributed by atoms with Gasteiger partial charge < -0.3 is 14.8 Å². The van der Waals surface area contributed by atoms with Crippen LogP contribution in [0.1, 0.15) is 49.2 Å². The van der Waals surface area contributed by atoms with Crippen LogP contribution in [0.5, 0.6) is 0 Å². The minimum Gasteiger partial charge on any atom is -0.317 e. The fraction of sp³-hybridized carbons (Fsp3) is 0.481. The summed E-state index contributed by atoms with van der Waals surface area (Å²) in [5.41, 5.74) is 3.39. The molecule has 1 saturated carbocycles. The van der Waals surface area contributed by atoms with E-state index in [-0.39, 0.29) is 0 Å². The molecule has 5 heterocycles. The quantitative estimate of drug-likeness (QED) is 0.354. The van der Waals surface area contributed by atoms with Crippen molar-refractivity contribution in [3.8, 4) is 10.6 Å². The predicted octanol–water partition coefficient (Wildman–Crippen LogP) is 5.31. The van der Waals surface area contributed by atoms with Crippen molar-refractivity contribution >= 4 is 33.5 Å². The third-order valence-corrected chi connectivity index (χ3v) is 9.01. The van der Waals surface area contributed by atoms with Gasteiger partial charge in [-0.25, -0.2) is 24.3 Å². The molecule has 0 bridgehead atoms. The lowest BCUT2D eigenvalue weighted by molar-refractivity contribution is 0.132. The Morgan fingerprint density at radius 2 is 1.81 bits per heavy atom. The summed E-state index contributed by atoms with van der Waals surface area (Å²) in [6, 6.07) is 4.51. The molecule has 10 heteroatoms. The molecule has 0 amide bonds. The lowest BCUT2D eigenvalue weighted by Crippen LogP contribution is -2.45. The lowest BCUT2D eigenvalue weighted by atomic mass is 9.93. The topological polar surface area (TPSA) is 75.0 Å². The monoisotopic (exact) mass is 520 g/mol. The number of imidazole rings is 1. The van der Waals surface area contributed by atoms with Crippen molar-refractivity contribution in [2.45, 2.75) is 52.6 Å². The average molecular weight is 521 g/mol. The van der Waals surface area contributed by atoms with Crippen LogP contribution in [0.15, 0.2) is 24.5 Å². The first-order valence-electron chi connectivity index (χ1n) is 13.2. The fourth-order valence-corrected chi connectivity index (χ4v) is 6.62. The lowest BCUT2D eigenvalue weighted by Gasteiger charge is -2.33. The van der Waals surface area contributed by atoms with Crippen LogP contribution in [0.4, 0.5) is 16.2 Å². The minimum absolute atomic E-state index is 0.304. The maximum Gasteiger partial charge on any atom is 0.229 e. The van der Waals surface area contributed by atoms with Crippen molar-refractivity contribution in [3.05, 3.63) is 47.3 Å². The number of rotatable bonds is 7. The van der Waals surface area contributed by atoms with E-state index in [0.29, 0.717) is 23.5 Å². The van der Waals surface area contributed by atoms with Crippen molar-refractivity contribution in [1.82, 2.24) is 34.3 Å². The van der Waals surface area contributed by atoms with E-state index in [9.17, 15) is 4.39 Å². The number of aromatic nitrogens is 5. The Balaban J connectivity index is 1.19. The average Bonchev–Trinajstić information content (AvgIpc) is 3.36. The highest BCUT2D eigenvalue weighted by molar-refractivity contribution is 7.22. The molecule has 1 N–H and O–H groups in total. The molecule has 2 aliphatic rings. The van der Waals surface area contributed by atoms with Gasteiger partial charge in [0.25, 0.3) is 0 Å². The number of halogens is 1. The van der Waals surface area contributed by atoms with Gasteiger partial charge in [0.05, 0.1) is 11.1 Å². The molecule has 6 rings (SSSR count). The minimum atomic E-state index is -0.434. The summed E-state index contributed by atoms with van der Waals surface area (Å²) >= 11 is 1.57. The Kier molecular flexibility index (Phi) is 6.64. The number of hydrogen-bond acceptors (Lipinski definition) is 8. The summed E-state index contributed by atoms with van der Waals surface area (Å²) in [6.45, 7) is 12.7. The molecule has 0 radical (unpaired) electrons. The number of piperazine rings is 1. The molecule has 194 valence electrons. The van der Waals surface area contributed by atoms with Crippen molar-refractivity contribution in [1.29, 1.82) is 0 Å². The summed E-state index contributed by atoms with van der Waals surface area (Å²) in [5.74, 6) is 1.56. The van der Waals surface area contributed by atoms with Gasteiger partial charge in [-0.3, -0.25) is 4.90 Å². The van der Waals surface area contributed by atoms with Crippen LogP contribution in [0.2, 0.25) is 0 Å². The van der Waals surface area contributed by atoms with Crippen molar-refractivity contribution in [2.75, 3.05) is 38.0 Å². The molecule has 1 saturated heterocycles. The summed E-state index contributed by atoms with van der Waals surface area (Å²) in [4.78, 5) is 25.0. The van der Waals surface area contributed by atoms with Crippen LogP contribution >= 0.6 is 11.3 Å². The molecule has 2 fully saturated rings. The van der Waals surface area contributed by atoms with Crippen molar-refractivity contribution < 1.29 is 4.39 Å². The van der Waals surface area contributed by atoms with E-state index < -0.39 is 5.82 Å². The number of pyridine rings is 1. The third-order valence-electron chi connectivity index (χ3n) is 7.72. The van der Waals surface area contributed by atoms with Gasteiger partial charge in [0, 0.05) is 45.0 Å². The number of hydrogen-bond donors (Lipinski definition) is 1. The van der Waals surface area contributed by atoms with Gasteiger partial charge in [-0.05, 0) is 56.8 Å². The number of aryl methyl sites for hydroxylation is 2. The van der Waals surface area contributed by atoms with Crippen LogP contribution in [0.25, 0.3) is 20.9 Å². The first kappa shape index (κ1) is 24.4. The molecule has 1 aliphatic heterocycles. The number of fused-ring (bicyclic) bond motifs is 1. The van der Waals surface area contributed by atoms with Crippen molar-refractivity contribution in [3.63, 3.8) is 0 Å². The smallest absolute Gasteiger partial charge is 0.229 e. The summed E-state index contributed by atoms with van der Waals surface area (Å²) < 4.78 is 17.3. The zero-order valence-electron chi connectivity index (χ0n) is 21.7. The van der Waals surface area contributed by atoms with Gasteiger partial charge in [-0.2, -0.15) is 0 Å². The largest absolute Gasteiger partial charge is 0.317 e. The summed E-state index contributed by atoms with van der Waals surface area (Å²) in [7, 11) is 0. The number of nitrogens with one attached hydrogen (secondary N) is 1. The fourth-order valence-electron chi connectivity index (χ4n) is 5.26. The number of nitrogens with zero attached hydrogens (tertiary/aromatic N) is 7. The highest BCUT2D eigenvalue weighted by Crippen LogP contribution is 2.43. The molecule has 1 aliphatic carbocycles. The van der Waals surface area contributed by atoms with E-state index in [2.05, 4.69) is 54.5 Å². The SMILES string of the molecule is CCN1CCN(Cc2ccc(Nc3ncc(F)c(-c4sc5c(nc(C)n5C5CCC5)c4C)n3)nc2)CC1. The van der Waals surface area contributed by atoms with Crippen LogP contribution < -0.4 is 5.32 Å². The molecule has 0 atom stereocenters. The second kappa shape index (κ2) is 10.1.